The van der Waals surface area contributed by atoms with Gasteiger partial charge in [-0.15, -0.1) is 0 Å². The van der Waals surface area contributed by atoms with Crippen LogP contribution in [-0.2, 0) is 76.3 Å². The number of esters is 5. The quantitative estimate of drug-likeness (QED) is 0.148. The standard InChI is InChI=1S/C28H41N3O16/c1-11(32)29-21-25(43-17(7)38)24(19(9-40-14(4)35)45-27(21)31-13(3)34)47-28-22(30-12(2)33)26(44-18(8)39)23(42-16(6)37)20(46-28)10-41-15(5)36/h19-28H,9-10H2,1-8H3,(H,29,32)(H,30,33)(H,31,34)/t19-,20-,21-,22-,23-,24-,25-,26-,27-,28+/m1/s1. The van der Waals surface area contributed by atoms with Gasteiger partial charge >= 0.3 is 29.8 Å². The molecule has 264 valence electrons. The van der Waals surface area contributed by atoms with Crippen molar-refractivity contribution < 1.29 is 76.3 Å². The summed E-state index contributed by atoms with van der Waals surface area (Å²) in [6.07, 6.45) is -11.6. The van der Waals surface area contributed by atoms with Crippen molar-refractivity contribution in [1.82, 2.24) is 16.0 Å². The largest absolute Gasteiger partial charge is 0.463 e. The lowest BCUT2D eigenvalue weighted by Gasteiger charge is -2.49. The average molecular weight is 676 g/mol. The van der Waals surface area contributed by atoms with Crippen molar-refractivity contribution in [3.63, 3.8) is 0 Å². The Kier molecular flexibility index (Phi) is 14.5. The minimum Gasteiger partial charge on any atom is -0.463 e. The fourth-order valence-corrected chi connectivity index (χ4v) is 5.05. The normalized spacial score (nSPS) is 30.0. The van der Waals surface area contributed by atoms with E-state index in [1.54, 1.807) is 0 Å². The van der Waals surface area contributed by atoms with Gasteiger partial charge in [0.05, 0.1) is 0 Å². The van der Waals surface area contributed by atoms with Crippen molar-refractivity contribution in [2.45, 2.75) is 117 Å². The summed E-state index contributed by atoms with van der Waals surface area (Å²) in [5, 5.41) is 7.59. The summed E-state index contributed by atoms with van der Waals surface area (Å²) in [5.41, 5.74) is 0. The van der Waals surface area contributed by atoms with Gasteiger partial charge in [-0.05, 0) is 0 Å². The molecule has 19 nitrogen and oxygen atoms in total. The maximum atomic E-state index is 12.4. The van der Waals surface area contributed by atoms with Gasteiger partial charge in [0.1, 0.15) is 43.6 Å². The molecule has 0 spiro atoms. The number of nitrogens with one attached hydrogen (secondary N) is 3. The molecule has 0 radical (unpaired) electrons. The van der Waals surface area contributed by atoms with Gasteiger partial charge in [0.25, 0.3) is 0 Å². The first-order valence-electron chi connectivity index (χ1n) is 14.5. The molecule has 0 aromatic carbocycles. The molecule has 2 heterocycles. The van der Waals surface area contributed by atoms with Crippen molar-refractivity contribution in [3.05, 3.63) is 0 Å². The number of carbonyl (C=O) groups is 8. The molecule has 0 aromatic rings. The fourth-order valence-electron chi connectivity index (χ4n) is 5.05. The smallest absolute Gasteiger partial charge is 0.303 e. The Balaban J connectivity index is 2.73. The summed E-state index contributed by atoms with van der Waals surface area (Å²) >= 11 is 0. The summed E-state index contributed by atoms with van der Waals surface area (Å²) in [7, 11) is 0. The molecule has 10 atom stereocenters. The Hall–Kier alpha value is -4.36. The highest BCUT2D eigenvalue weighted by molar-refractivity contribution is 5.75. The van der Waals surface area contributed by atoms with Gasteiger partial charge < -0.3 is 53.8 Å². The summed E-state index contributed by atoms with van der Waals surface area (Å²) in [4.78, 5) is 96.9. The lowest BCUT2D eigenvalue weighted by atomic mass is 9.93. The van der Waals surface area contributed by atoms with Crippen LogP contribution >= 0.6 is 0 Å². The third-order valence-electron chi connectivity index (χ3n) is 6.52. The van der Waals surface area contributed by atoms with Crippen molar-refractivity contribution in [3.8, 4) is 0 Å². The van der Waals surface area contributed by atoms with Gasteiger partial charge in [0.2, 0.25) is 17.7 Å². The Labute approximate surface area is 269 Å². The van der Waals surface area contributed by atoms with E-state index in [0.717, 1.165) is 48.5 Å². The van der Waals surface area contributed by atoms with Crippen LogP contribution in [0.3, 0.4) is 0 Å². The third kappa shape index (κ3) is 12.1. The minimum absolute atomic E-state index is 0.529. The zero-order valence-corrected chi connectivity index (χ0v) is 27.2. The van der Waals surface area contributed by atoms with Gasteiger partial charge in [0, 0.05) is 55.4 Å². The predicted octanol–water partition coefficient (Wildman–Crippen LogP) is -2.11. The topological polar surface area (TPSA) is 246 Å². The van der Waals surface area contributed by atoms with Crippen LogP contribution in [0.2, 0.25) is 0 Å². The molecule has 19 heteroatoms. The molecule has 2 rings (SSSR count). The lowest BCUT2D eigenvalue weighted by Crippen LogP contribution is -2.72. The molecule has 3 N–H and O–H groups in total. The fraction of sp³-hybridized carbons (Fsp3) is 0.714. The second-order valence-electron chi connectivity index (χ2n) is 10.7. The number of rotatable bonds is 12. The van der Waals surface area contributed by atoms with Gasteiger partial charge in [-0.3, -0.25) is 38.4 Å². The third-order valence-corrected chi connectivity index (χ3v) is 6.52. The molecule has 2 aliphatic heterocycles. The predicted molar refractivity (Wildman–Crippen MR) is 151 cm³/mol. The van der Waals surface area contributed by atoms with E-state index in [4.69, 9.17) is 37.9 Å². The molecular formula is C28H41N3O16. The SMILES string of the molecule is CC(=O)N[C@@H]1[C@@H](OC(C)=O)[C@H](O[C@@H]2O[C@H](COC(C)=O)[C@@H](OC(C)=O)[C@H](OC(C)=O)[C@H]2NC(C)=O)[C@@H](COC(C)=O)O[C@H]1NC(C)=O. The van der Waals surface area contributed by atoms with Crippen LogP contribution in [0.25, 0.3) is 0 Å². The Bertz CT molecular complexity index is 1210. The highest BCUT2D eigenvalue weighted by atomic mass is 16.7. The molecule has 0 aliphatic carbocycles. The van der Waals surface area contributed by atoms with E-state index in [1.807, 2.05) is 0 Å². The number of hydrogen-bond acceptors (Lipinski definition) is 16. The summed E-state index contributed by atoms with van der Waals surface area (Å²) in [6, 6.07) is -2.73. The zero-order valence-electron chi connectivity index (χ0n) is 27.2. The highest BCUT2D eigenvalue weighted by Gasteiger charge is 2.56. The number of ether oxygens (including phenoxy) is 8. The summed E-state index contributed by atoms with van der Waals surface area (Å²) < 4.78 is 45.1. The molecule has 0 bridgehead atoms. The monoisotopic (exact) mass is 675 g/mol. The number of carbonyl (C=O) groups excluding carboxylic acids is 8. The van der Waals surface area contributed by atoms with Crippen molar-refractivity contribution >= 4 is 47.6 Å². The second kappa shape index (κ2) is 17.5. The molecular weight excluding hydrogens is 634 g/mol. The lowest BCUT2D eigenvalue weighted by molar-refractivity contribution is -0.318. The van der Waals surface area contributed by atoms with E-state index < -0.39 is 122 Å². The van der Waals surface area contributed by atoms with Gasteiger partial charge in [-0.1, -0.05) is 0 Å². The van der Waals surface area contributed by atoms with Crippen LogP contribution in [0.15, 0.2) is 0 Å². The van der Waals surface area contributed by atoms with E-state index in [0.29, 0.717) is 0 Å². The van der Waals surface area contributed by atoms with E-state index in [-0.39, 0.29) is 0 Å². The van der Waals surface area contributed by atoms with E-state index in [2.05, 4.69) is 16.0 Å². The maximum Gasteiger partial charge on any atom is 0.303 e. The number of hydrogen-bond donors (Lipinski definition) is 3. The van der Waals surface area contributed by atoms with Crippen LogP contribution in [-0.4, -0.2) is 122 Å². The molecule has 3 amide bonds. The second-order valence-corrected chi connectivity index (χ2v) is 10.7. The van der Waals surface area contributed by atoms with Crippen molar-refractivity contribution in [2.75, 3.05) is 13.2 Å². The molecule has 2 fully saturated rings. The van der Waals surface area contributed by atoms with Crippen LogP contribution in [0.1, 0.15) is 55.4 Å². The molecule has 47 heavy (non-hydrogen) atoms. The zero-order chi connectivity index (χ0) is 35.6. The first-order valence-corrected chi connectivity index (χ1v) is 14.5. The van der Waals surface area contributed by atoms with E-state index in [1.165, 1.54) is 6.92 Å². The maximum absolute atomic E-state index is 12.4. The van der Waals surface area contributed by atoms with Crippen LogP contribution in [0.5, 0.6) is 0 Å². The van der Waals surface area contributed by atoms with Gasteiger partial charge in [0.15, 0.2) is 30.8 Å². The van der Waals surface area contributed by atoms with Crippen LogP contribution in [0.4, 0.5) is 0 Å². The average Bonchev–Trinajstić information content (AvgIpc) is 2.91. The first-order chi connectivity index (χ1) is 21.9. The molecule has 2 aliphatic rings. The Morgan fingerprint density at radius 2 is 0.894 bits per heavy atom. The molecule has 0 aromatic heterocycles. The highest BCUT2D eigenvalue weighted by Crippen LogP contribution is 2.33. The summed E-state index contributed by atoms with van der Waals surface area (Å²) in [5.74, 6) is -5.88. The van der Waals surface area contributed by atoms with Crippen molar-refractivity contribution in [1.29, 1.82) is 0 Å². The number of amides is 3. The minimum atomic E-state index is -1.67. The van der Waals surface area contributed by atoms with Crippen LogP contribution < -0.4 is 16.0 Å². The van der Waals surface area contributed by atoms with Crippen LogP contribution in [0, 0.1) is 0 Å². The molecule has 0 saturated carbocycles. The molecule has 2 saturated heterocycles. The molecule has 0 unspecified atom stereocenters. The van der Waals surface area contributed by atoms with Crippen molar-refractivity contribution in [2.24, 2.45) is 0 Å². The summed E-state index contributed by atoms with van der Waals surface area (Å²) in [6.45, 7) is 7.81. The first kappa shape index (κ1) is 38.8. The van der Waals surface area contributed by atoms with Gasteiger partial charge in [-0.25, -0.2) is 0 Å². The Morgan fingerprint density at radius 1 is 0.489 bits per heavy atom. The van der Waals surface area contributed by atoms with Gasteiger partial charge in [-0.2, -0.15) is 0 Å². The Morgan fingerprint density at radius 3 is 1.32 bits per heavy atom. The van der Waals surface area contributed by atoms with E-state index in [9.17, 15) is 38.4 Å². The van der Waals surface area contributed by atoms with E-state index >= 15 is 0 Å².